The molecule has 0 heterocycles. The van der Waals surface area contributed by atoms with Gasteiger partial charge < -0.3 is 19.7 Å². The summed E-state index contributed by atoms with van der Waals surface area (Å²) in [6.45, 7) is 2.68. The zero-order chi connectivity index (χ0) is 19.5. The topological polar surface area (TPSA) is 50.8 Å². The van der Waals surface area contributed by atoms with Gasteiger partial charge in [-0.1, -0.05) is 11.6 Å². The van der Waals surface area contributed by atoms with Crippen molar-refractivity contribution in [1.29, 1.82) is 0 Å². The van der Waals surface area contributed by atoms with Gasteiger partial charge in [0, 0.05) is 18.2 Å². The summed E-state index contributed by atoms with van der Waals surface area (Å²) < 4.78 is 11.3. The highest BCUT2D eigenvalue weighted by Gasteiger charge is 2.22. The van der Waals surface area contributed by atoms with Gasteiger partial charge in [-0.15, -0.1) is 0 Å². The van der Waals surface area contributed by atoms with Crippen molar-refractivity contribution in [2.45, 2.75) is 51.0 Å². The van der Waals surface area contributed by atoms with Crippen LogP contribution in [-0.4, -0.2) is 50.9 Å². The molecule has 152 valence electrons. The Balaban J connectivity index is 1.51. The minimum absolute atomic E-state index is 0.385. The minimum atomic E-state index is -0.409. The number of nitrogens with one attached hydrogen (secondary N) is 1. The van der Waals surface area contributed by atoms with Gasteiger partial charge in [0.05, 0.1) is 6.10 Å². The van der Waals surface area contributed by atoms with Crippen LogP contribution in [0.1, 0.15) is 44.9 Å². The van der Waals surface area contributed by atoms with Crippen LogP contribution in [-0.2, 0) is 4.74 Å². The standard InChI is InChI=1S/C21H33ClN2O3/c1-24(2)14-4-3-5-15-26-19-10-6-17(7-11-19)16-23-21(25)27-20-12-8-18(22)9-13-20/h8-9,12-13,17,19H,3-7,10-11,14-16H2,1-2H3,(H,23,25). The van der Waals surface area contributed by atoms with Gasteiger partial charge in [0.15, 0.2) is 0 Å². The summed E-state index contributed by atoms with van der Waals surface area (Å²) in [6.07, 6.45) is 7.93. The summed E-state index contributed by atoms with van der Waals surface area (Å²) in [5, 5.41) is 3.49. The van der Waals surface area contributed by atoms with E-state index < -0.39 is 6.09 Å². The highest BCUT2D eigenvalue weighted by Crippen LogP contribution is 2.26. The molecule has 5 nitrogen and oxygen atoms in total. The van der Waals surface area contributed by atoms with Crippen LogP contribution in [0.5, 0.6) is 5.75 Å². The number of benzene rings is 1. The molecule has 0 radical (unpaired) electrons. The largest absolute Gasteiger partial charge is 0.412 e. The normalized spacial score (nSPS) is 19.9. The molecule has 1 saturated carbocycles. The van der Waals surface area contributed by atoms with Crippen molar-refractivity contribution < 1.29 is 14.3 Å². The summed E-state index contributed by atoms with van der Waals surface area (Å²) >= 11 is 5.82. The van der Waals surface area contributed by atoms with Crippen LogP contribution in [0.2, 0.25) is 5.02 Å². The van der Waals surface area contributed by atoms with Gasteiger partial charge in [-0.2, -0.15) is 0 Å². The smallest absolute Gasteiger partial charge is 0.410 e. The van der Waals surface area contributed by atoms with Crippen LogP contribution in [0.15, 0.2) is 24.3 Å². The van der Waals surface area contributed by atoms with Gasteiger partial charge >= 0.3 is 6.09 Å². The van der Waals surface area contributed by atoms with Crippen molar-refractivity contribution in [2.75, 3.05) is 33.8 Å². The predicted octanol–water partition coefficient (Wildman–Crippen LogP) is 4.74. The fourth-order valence-corrected chi connectivity index (χ4v) is 3.46. The molecule has 0 saturated heterocycles. The number of halogens is 1. The summed E-state index contributed by atoms with van der Waals surface area (Å²) in [6, 6.07) is 6.78. The van der Waals surface area contributed by atoms with Crippen molar-refractivity contribution in [2.24, 2.45) is 5.92 Å². The average molecular weight is 397 g/mol. The van der Waals surface area contributed by atoms with Crippen LogP contribution in [0.4, 0.5) is 4.79 Å². The summed E-state index contributed by atoms with van der Waals surface area (Å²) in [5.74, 6) is 1.00. The molecule has 2 rings (SSSR count). The van der Waals surface area contributed by atoms with Crippen molar-refractivity contribution in [3.05, 3.63) is 29.3 Å². The number of hydrogen-bond acceptors (Lipinski definition) is 4. The fraction of sp³-hybridized carbons (Fsp3) is 0.667. The highest BCUT2D eigenvalue weighted by atomic mass is 35.5. The molecule has 1 N–H and O–H groups in total. The third-order valence-electron chi connectivity index (χ3n) is 4.96. The maximum atomic E-state index is 11.9. The Kier molecular flexibility index (Phi) is 9.95. The number of rotatable bonds is 10. The number of ether oxygens (including phenoxy) is 2. The summed E-state index contributed by atoms with van der Waals surface area (Å²) in [4.78, 5) is 14.1. The fourth-order valence-electron chi connectivity index (χ4n) is 3.33. The maximum absolute atomic E-state index is 11.9. The molecule has 0 spiro atoms. The van der Waals surface area contributed by atoms with E-state index in [1.165, 1.54) is 12.8 Å². The van der Waals surface area contributed by atoms with Crippen molar-refractivity contribution in [3.8, 4) is 5.75 Å². The molecule has 0 bridgehead atoms. The van der Waals surface area contributed by atoms with Crippen LogP contribution in [0, 0.1) is 5.92 Å². The SMILES string of the molecule is CN(C)CCCCCOC1CCC(CNC(=O)Oc2ccc(Cl)cc2)CC1. The number of nitrogens with zero attached hydrogens (tertiary/aromatic N) is 1. The molecule has 0 aromatic heterocycles. The van der Waals surface area contributed by atoms with Crippen LogP contribution in [0.3, 0.4) is 0 Å². The first-order chi connectivity index (χ1) is 13.0. The lowest BCUT2D eigenvalue weighted by molar-refractivity contribution is 0.0163. The molecular weight excluding hydrogens is 364 g/mol. The van der Waals surface area contributed by atoms with Gasteiger partial charge in [-0.3, -0.25) is 0 Å². The van der Waals surface area contributed by atoms with E-state index in [0.717, 1.165) is 45.3 Å². The molecule has 1 fully saturated rings. The number of carbonyl (C=O) groups is 1. The van der Waals surface area contributed by atoms with Gasteiger partial charge in [-0.05, 0) is 95.8 Å². The molecule has 1 aromatic rings. The molecule has 0 unspecified atom stereocenters. The van der Waals surface area contributed by atoms with Gasteiger partial charge in [-0.25, -0.2) is 4.79 Å². The van der Waals surface area contributed by atoms with E-state index in [4.69, 9.17) is 21.1 Å². The summed E-state index contributed by atoms with van der Waals surface area (Å²) in [7, 11) is 4.22. The molecule has 1 aliphatic rings. The molecule has 0 aliphatic heterocycles. The zero-order valence-electron chi connectivity index (χ0n) is 16.6. The minimum Gasteiger partial charge on any atom is -0.410 e. The van der Waals surface area contributed by atoms with Crippen LogP contribution in [0.25, 0.3) is 0 Å². The Labute approximate surface area is 168 Å². The maximum Gasteiger partial charge on any atom is 0.412 e. The summed E-state index contributed by atoms with van der Waals surface area (Å²) in [5.41, 5.74) is 0. The number of hydrogen-bond donors (Lipinski definition) is 1. The zero-order valence-corrected chi connectivity index (χ0v) is 17.3. The third-order valence-corrected chi connectivity index (χ3v) is 5.21. The first-order valence-electron chi connectivity index (χ1n) is 10.0. The van der Waals surface area contributed by atoms with E-state index in [1.807, 2.05) is 0 Å². The van der Waals surface area contributed by atoms with E-state index in [0.29, 0.717) is 29.3 Å². The first-order valence-corrected chi connectivity index (χ1v) is 10.4. The first kappa shape index (κ1) is 22.0. The van der Waals surface area contributed by atoms with E-state index in [-0.39, 0.29) is 0 Å². The molecule has 1 aromatic carbocycles. The van der Waals surface area contributed by atoms with E-state index in [9.17, 15) is 4.79 Å². The van der Waals surface area contributed by atoms with Crippen LogP contribution < -0.4 is 10.1 Å². The lowest BCUT2D eigenvalue weighted by Gasteiger charge is -2.28. The highest BCUT2D eigenvalue weighted by molar-refractivity contribution is 6.30. The van der Waals surface area contributed by atoms with E-state index in [1.54, 1.807) is 24.3 Å². The quantitative estimate of drug-likeness (QED) is 0.580. The number of amides is 1. The van der Waals surface area contributed by atoms with Gasteiger partial charge in [0.1, 0.15) is 5.75 Å². The Bertz CT molecular complexity index is 543. The van der Waals surface area contributed by atoms with Gasteiger partial charge in [0.2, 0.25) is 0 Å². The van der Waals surface area contributed by atoms with Crippen molar-refractivity contribution in [3.63, 3.8) is 0 Å². The predicted molar refractivity (Wildman–Crippen MR) is 110 cm³/mol. The molecule has 1 amide bonds. The molecular formula is C21H33ClN2O3. The Morgan fingerprint density at radius 2 is 1.81 bits per heavy atom. The molecule has 0 atom stereocenters. The lowest BCUT2D eigenvalue weighted by Crippen LogP contribution is -2.34. The third kappa shape index (κ3) is 9.45. The average Bonchev–Trinajstić information content (AvgIpc) is 2.65. The lowest BCUT2D eigenvalue weighted by atomic mass is 9.87. The second-order valence-electron chi connectivity index (χ2n) is 7.60. The molecule has 27 heavy (non-hydrogen) atoms. The second-order valence-corrected chi connectivity index (χ2v) is 8.04. The number of unbranched alkanes of at least 4 members (excludes halogenated alkanes) is 2. The van der Waals surface area contributed by atoms with Crippen LogP contribution >= 0.6 is 11.6 Å². The van der Waals surface area contributed by atoms with E-state index in [2.05, 4.69) is 24.3 Å². The molecule has 1 aliphatic carbocycles. The Morgan fingerprint density at radius 3 is 2.48 bits per heavy atom. The second kappa shape index (κ2) is 12.2. The Morgan fingerprint density at radius 1 is 1.11 bits per heavy atom. The van der Waals surface area contributed by atoms with Crippen molar-refractivity contribution >= 4 is 17.7 Å². The van der Waals surface area contributed by atoms with Gasteiger partial charge in [0.25, 0.3) is 0 Å². The van der Waals surface area contributed by atoms with E-state index >= 15 is 0 Å². The number of carbonyl (C=O) groups excluding carboxylic acids is 1. The Hall–Kier alpha value is -1.30. The monoisotopic (exact) mass is 396 g/mol. The van der Waals surface area contributed by atoms with Crippen molar-refractivity contribution in [1.82, 2.24) is 10.2 Å². The molecule has 6 heteroatoms.